The Hall–Kier alpha value is -0.410. The van der Waals surface area contributed by atoms with Crippen LogP contribution in [0, 0.1) is 24.7 Å². The van der Waals surface area contributed by atoms with Crippen LogP contribution in [-0.2, 0) is 0 Å². The van der Waals surface area contributed by atoms with Gasteiger partial charge in [0.2, 0.25) is 0 Å². The molecule has 4 unspecified atom stereocenters. The predicted octanol–water partition coefficient (Wildman–Crippen LogP) is 3.54. The zero-order valence-corrected chi connectivity index (χ0v) is 11.6. The van der Waals surface area contributed by atoms with E-state index in [2.05, 4.69) is 29.5 Å². The number of thiazole rings is 1. The van der Waals surface area contributed by atoms with Crippen LogP contribution in [-0.4, -0.2) is 11.5 Å². The summed E-state index contributed by atoms with van der Waals surface area (Å²) in [5.41, 5.74) is 1.15. The van der Waals surface area contributed by atoms with Gasteiger partial charge in [-0.15, -0.1) is 11.3 Å². The highest BCUT2D eigenvalue weighted by atomic mass is 32.1. The molecule has 17 heavy (non-hydrogen) atoms. The summed E-state index contributed by atoms with van der Waals surface area (Å²) in [7, 11) is 0. The first kappa shape index (κ1) is 11.7. The summed E-state index contributed by atoms with van der Waals surface area (Å²) < 4.78 is 0. The van der Waals surface area contributed by atoms with Crippen molar-refractivity contribution < 1.29 is 0 Å². The molecule has 2 fully saturated rings. The van der Waals surface area contributed by atoms with E-state index in [0.717, 1.165) is 23.4 Å². The lowest BCUT2D eigenvalue weighted by Crippen LogP contribution is -2.28. The minimum atomic E-state index is 0.424. The summed E-state index contributed by atoms with van der Waals surface area (Å²) in [6.07, 6.45) is 5.97. The number of nitrogens with one attached hydrogen (secondary N) is 1. The predicted molar refractivity (Wildman–Crippen MR) is 72.2 cm³/mol. The minimum Gasteiger partial charge on any atom is -0.308 e. The first-order valence-electron chi connectivity index (χ1n) is 6.88. The molecule has 2 aliphatic rings. The molecule has 2 nitrogen and oxygen atoms in total. The molecule has 0 aliphatic heterocycles. The third-order valence-electron chi connectivity index (χ3n) is 4.58. The molecule has 2 aliphatic carbocycles. The molecule has 0 aromatic carbocycles. The lowest BCUT2D eigenvalue weighted by atomic mass is 9.89. The smallest absolute Gasteiger partial charge is 0.110 e. The van der Waals surface area contributed by atoms with E-state index in [0.29, 0.717) is 6.04 Å². The van der Waals surface area contributed by atoms with Crippen LogP contribution in [0.1, 0.15) is 49.4 Å². The first-order chi connectivity index (χ1) is 8.22. The van der Waals surface area contributed by atoms with Crippen molar-refractivity contribution in [2.75, 3.05) is 6.54 Å². The second kappa shape index (κ2) is 4.69. The second-order valence-corrected chi connectivity index (χ2v) is 6.78. The zero-order valence-electron chi connectivity index (χ0n) is 10.8. The zero-order chi connectivity index (χ0) is 11.8. The number of fused-ring (bicyclic) bond motifs is 2. The van der Waals surface area contributed by atoms with Crippen LogP contribution < -0.4 is 5.32 Å². The van der Waals surface area contributed by atoms with Crippen molar-refractivity contribution >= 4 is 11.3 Å². The van der Waals surface area contributed by atoms with E-state index >= 15 is 0 Å². The summed E-state index contributed by atoms with van der Waals surface area (Å²) in [5, 5.41) is 7.07. The Morgan fingerprint density at radius 1 is 1.47 bits per heavy atom. The highest BCUT2D eigenvalue weighted by Gasteiger charge is 2.39. The molecule has 3 heteroatoms. The average Bonchev–Trinajstić information content (AvgIpc) is 3.01. The van der Waals surface area contributed by atoms with E-state index in [-0.39, 0.29) is 0 Å². The molecule has 1 aromatic heterocycles. The SMILES string of the molecule is Cc1csc(C(C)NCC2CC3CCC2C3)n1. The van der Waals surface area contributed by atoms with Gasteiger partial charge in [0, 0.05) is 11.1 Å². The lowest BCUT2D eigenvalue weighted by Gasteiger charge is -2.23. The number of aromatic nitrogens is 1. The van der Waals surface area contributed by atoms with E-state index in [1.54, 1.807) is 11.3 Å². The van der Waals surface area contributed by atoms with E-state index in [9.17, 15) is 0 Å². The number of aryl methyl sites for hydroxylation is 1. The van der Waals surface area contributed by atoms with E-state index in [4.69, 9.17) is 0 Å². The van der Waals surface area contributed by atoms with Crippen LogP contribution in [0.2, 0.25) is 0 Å². The summed E-state index contributed by atoms with van der Waals surface area (Å²) in [6.45, 7) is 5.51. The average molecular weight is 250 g/mol. The highest BCUT2D eigenvalue weighted by molar-refractivity contribution is 7.09. The van der Waals surface area contributed by atoms with E-state index < -0.39 is 0 Å². The molecule has 0 radical (unpaired) electrons. The van der Waals surface area contributed by atoms with Crippen molar-refractivity contribution in [3.05, 3.63) is 16.1 Å². The molecule has 0 saturated heterocycles. The largest absolute Gasteiger partial charge is 0.308 e. The van der Waals surface area contributed by atoms with Gasteiger partial charge in [0.25, 0.3) is 0 Å². The standard InChI is InChI=1S/C14H22N2S/c1-9-8-17-14(16-9)10(2)15-7-13-6-11-3-4-12(13)5-11/h8,10-13,15H,3-7H2,1-2H3. The van der Waals surface area contributed by atoms with E-state index in [1.165, 1.54) is 37.2 Å². The van der Waals surface area contributed by atoms with Gasteiger partial charge in [-0.3, -0.25) is 0 Å². The Bertz CT molecular complexity index is 387. The van der Waals surface area contributed by atoms with Gasteiger partial charge in [-0.05, 0) is 57.4 Å². The molecule has 2 saturated carbocycles. The molecular formula is C14H22N2S. The molecule has 2 bridgehead atoms. The van der Waals surface area contributed by atoms with Crippen LogP contribution in [0.5, 0.6) is 0 Å². The van der Waals surface area contributed by atoms with Gasteiger partial charge >= 0.3 is 0 Å². The maximum absolute atomic E-state index is 4.56. The summed E-state index contributed by atoms with van der Waals surface area (Å²) >= 11 is 1.78. The Morgan fingerprint density at radius 3 is 2.94 bits per heavy atom. The molecule has 0 spiro atoms. The highest BCUT2D eigenvalue weighted by Crippen LogP contribution is 2.48. The topological polar surface area (TPSA) is 24.9 Å². The Kier molecular flexibility index (Phi) is 3.22. The van der Waals surface area contributed by atoms with Crippen molar-refractivity contribution in [1.82, 2.24) is 10.3 Å². The fourth-order valence-corrected chi connectivity index (χ4v) is 4.44. The Morgan fingerprint density at radius 2 is 2.35 bits per heavy atom. The molecule has 0 amide bonds. The third kappa shape index (κ3) is 2.41. The van der Waals surface area contributed by atoms with Crippen molar-refractivity contribution in [3.8, 4) is 0 Å². The van der Waals surface area contributed by atoms with Crippen LogP contribution in [0.25, 0.3) is 0 Å². The van der Waals surface area contributed by atoms with Crippen LogP contribution in [0.15, 0.2) is 5.38 Å². The van der Waals surface area contributed by atoms with Crippen LogP contribution in [0.3, 0.4) is 0 Å². The van der Waals surface area contributed by atoms with Crippen molar-refractivity contribution in [1.29, 1.82) is 0 Å². The van der Waals surface area contributed by atoms with Gasteiger partial charge in [-0.2, -0.15) is 0 Å². The summed E-state index contributed by atoms with van der Waals surface area (Å²) in [4.78, 5) is 4.56. The van der Waals surface area contributed by atoms with Crippen LogP contribution >= 0.6 is 11.3 Å². The number of rotatable bonds is 4. The van der Waals surface area contributed by atoms with Gasteiger partial charge in [-0.1, -0.05) is 6.42 Å². The summed E-state index contributed by atoms with van der Waals surface area (Å²) in [5.74, 6) is 3.03. The molecule has 4 atom stereocenters. The maximum atomic E-state index is 4.56. The second-order valence-electron chi connectivity index (χ2n) is 5.89. The Balaban J connectivity index is 1.51. The van der Waals surface area contributed by atoms with Gasteiger partial charge < -0.3 is 5.32 Å². The van der Waals surface area contributed by atoms with Gasteiger partial charge in [-0.25, -0.2) is 4.98 Å². The molecular weight excluding hydrogens is 228 g/mol. The number of hydrogen-bond donors (Lipinski definition) is 1. The Labute approximate surface area is 108 Å². The molecule has 1 N–H and O–H groups in total. The van der Waals surface area contributed by atoms with Gasteiger partial charge in [0.05, 0.1) is 6.04 Å². The number of hydrogen-bond acceptors (Lipinski definition) is 3. The lowest BCUT2D eigenvalue weighted by molar-refractivity contribution is 0.309. The monoisotopic (exact) mass is 250 g/mol. The van der Waals surface area contributed by atoms with Gasteiger partial charge in [0.15, 0.2) is 0 Å². The van der Waals surface area contributed by atoms with E-state index in [1.807, 2.05) is 0 Å². The molecule has 1 aromatic rings. The fraction of sp³-hybridized carbons (Fsp3) is 0.786. The first-order valence-corrected chi connectivity index (χ1v) is 7.75. The van der Waals surface area contributed by atoms with Crippen LogP contribution in [0.4, 0.5) is 0 Å². The van der Waals surface area contributed by atoms with Crippen molar-refractivity contribution in [3.63, 3.8) is 0 Å². The normalized spacial score (nSPS) is 33.2. The minimum absolute atomic E-state index is 0.424. The molecule has 94 valence electrons. The van der Waals surface area contributed by atoms with Gasteiger partial charge in [0.1, 0.15) is 5.01 Å². The number of nitrogens with zero attached hydrogens (tertiary/aromatic N) is 1. The molecule has 3 rings (SSSR count). The molecule has 1 heterocycles. The quantitative estimate of drug-likeness (QED) is 0.884. The summed E-state index contributed by atoms with van der Waals surface area (Å²) in [6, 6.07) is 0.424. The fourth-order valence-electron chi connectivity index (χ4n) is 3.61. The van der Waals surface area contributed by atoms with Crippen molar-refractivity contribution in [2.24, 2.45) is 17.8 Å². The van der Waals surface area contributed by atoms with Crippen molar-refractivity contribution in [2.45, 2.75) is 45.6 Å². The maximum Gasteiger partial charge on any atom is 0.110 e. The third-order valence-corrected chi connectivity index (χ3v) is 5.72.